The van der Waals surface area contributed by atoms with Crippen molar-refractivity contribution in [1.29, 1.82) is 0 Å². The minimum Gasteiger partial charge on any atom is -0.354 e. The van der Waals surface area contributed by atoms with Gasteiger partial charge in [0.25, 0.3) is 5.91 Å². The first kappa shape index (κ1) is 22.3. The van der Waals surface area contributed by atoms with Gasteiger partial charge in [0.2, 0.25) is 17.7 Å². The summed E-state index contributed by atoms with van der Waals surface area (Å²) in [6.45, 7) is 2.96. The number of hydrogen-bond acceptors (Lipinski definition) is 5. The van der Waals surface area contributed by atoms with Gasteiger partial charge >= 0.3 is 0 Å². The topological polar surface area (TPSA) is 111 Å². The van der Waals surface area contributed by atoms with Crippen LogP contribution in [0.15, 0.2) is 30.3 Å². The molecule has 1 aromatic carbocycles. The molecule has 3 fully saturated rings. The van der Waals surface area contributed by atoms with Gasteiger partial charge in [0.05, 0.1) is 6.54 Å². The average Bonchev–Trinajstić information content (AvgIpc) is 2.85. The predicted molar refractivity (Wildman–Crippen MR) is 118 cm³/mol. The van der Waals surface area contributed by atoms with E-state index in [1.54, 1.807) is 34.1 Å². The number of carbonyl (C=O) groups excluding carboxylic acids is 4. The highest BCUT2D eigenvalue weighted by Crippen LogP contribution is 2.21. The van der Waals surface area contributed by atoms with Crippen LogP contribution < -0.4 is 16.0 Å². The Morgan fingerprint density at radius 1 is 0.969 bits per heavy atom. The maximum absolute atomic E-state index is 13.3. The van der Waals surface area contributed by atoms with Crippen molar-refractivity contribution in [3.8, 4) is 0 Å². The standard InChI is InChI=1S/C23H31N5O4/c29-20-18(7-4-10-25-20)26-21(30)19-15-27(22(31)16-5-2-1-3-6-16)13-14-28(19)23(32)17-8-11-24-12-9-17/h1-3,5-6,17-19,24H,4,7-15H2,(H,25,29)(H,26,30)/t18-,19-/m0/s1. The average molecular weight is 442 g/mol. The summed E-state index contributed by atoms with van der Waals surface area (Å²) in [5.74, 6) is -0.894. The number of carbonyl (C=O) groups is 4. The summed E-state index contributed by atoms with van der Waals surface area (Å²) in [5, 5.41) is 8.86. The van der Waals surface area contributed by atoms with Crippen molar-refractivity contribution in [2.75, 3.05) is 39.3 Å². The molecule has 3 heterocycles. The highest BCUT2D eigenvalue weighted by atomic mass is 16.2. The summed E-state index contributed by atoms with van der Waals surface area (Å²) in [6.07, 6.45) is 2.83. The third kappa shape index (κ3) is 4.93. The van der Waals surface area contributed by atoms with Crippen LogP contribution in [0.3, 0.4) is 0 Å². The van der Waals surface area contributed by atoms with Crippen molar-refractivity contribution < 1.29 is 19.2 Å². The van der Waals surface area contributed by atoms with Gasteiger partial charge in [0.15, 0.2) is 0 Å². The highest BCUT2D eigenvalue weighted by Gasteiger charge is 2.40. The van der Waals surface area contributed by atoms with E-state index in [9.17, 15) is 19.2 Å². The van der Waals surface area contributed by atoms with Gasteiger partial charge in [-0.15, -0.1) is 0 Å². The van der Waals surface area contributed by atoms with Gasteiger partial charge in [-0.1, -0.05) is 18.2 Å². The molecule has 4 amide bonds. The maximum Gasteiger partial charge on any atom is 0.253 e. The van der Waals surface area contributed by atoms with Crippen LogP contribution in [0.25, 0.3) is 0 Å². The largest absolute Gasteiger partial charge is 0.354 e. The quantitative estimate of drug-likeness (QED) is 0.596. The highest BCUT2D eigenvalue weighted by molar-refractivity contribution is 5.96. The second-order valence-electron chi connectivity index (χ2n) is 8.68. The number of nitrogens with one attached hydrogen (secondary N) is 3. The van der Waals surface area contributed by atoms with E-state index in [0.29, 0.717) is 31.6 Å². The maximum atomic E-state index is 13.3. The Labute approximate surface area is 187 Å². The molecule has 3 N–H and O–H groups in total. The Morgan fingerprint density at radius 3 is 2.44 bits per heavy atom. The molecule has 1 aromatic rings. The fourth-order valence-electron chi connectivity index (χ4n) is 4.70. The van der Waals surface area contributed by atoms with E-state index < -0.39 is 12.1 Å². The molecule has 0 spiro atoms. The van der Waals surface area contributed by atoms with E-state index in [1.807, 2.05) is 6.07 Å². The second kappa shape index (κ2) is 10.1. The lowest BCUT2D eigenvalue weighted by Gasteiger charge is -2.42. The Morgan fingerprint density at radius 2 is 1.72 bits per heavy atom. The Kier molecular flexibility index (Phi) is 7.04. The zero-order valence-corrected chi connectivity index (χ0v) is 18.2. The summed E-state index contributed by atoms with van der Waals surface area (Å²) >= 11 is 0. The minimum absolute atomic E-state index is 0.0356. The second-order valence-corrected chi connectivity index (χ2v) is 8.68. The van der Waals surface area contributed by atoms with E-state index >= 15 is 0 Å². The Bertz CT molecular complexity index is 855. The molecule has 0 aliphatic carbocycles. The van der Waals surface area contributed by atoms with Crippen LogP contribution in [0.4, 0.5) is 0 Å². The van der Waals surface area contributed by atoms with Gasteiger partial charge < -0.3 is 25.8 Å². The first-order valence-corrected chi connectivity index (χ1v) is 11.5. The van der Waals surface area contributed by atoms with Crippen molar-refractivity contribution in [2.24, 2.45) is 5.92 Å². The van der Waals surface area contributed by atoms with E-state index in [0.717, 1.165) is 32.4 Å². The lowest BCUT2D eigenvalue weighted by molar-refractivity contribution is -0.147. The minimum atomic E-state index is -0.812. The summed E-state index contributed by atoms with van der Waals surface area (Å²) in [5.41, 5.74) is 0.552. The third-order valence-electron chi connectivity index (χ3n) is 6.56. The van der Waals surface area contributed by atoms with Crippen LogP contribution in [-0.4, -0.2) is 84.8 Å². The third-order valence-corrected chi connectivity index (χ3v) is 6.56. The van der Waals surface area contributed by atoms with Crippen molar-refractivity contribution in [2.45, 2.75) is 37.8 Å². The van der Waals surface area contributed by atoms with E-state index in [4.69, 9.17) is 0 Å². The molecule has 0 unspecified atom stereocenters. The molecule has 0 bridgehead atoms. The lowest BCUT2D eigenvalue weighted by Crippen LogP contribution is -2.64. The molecule has 4 rings (SSSR count). The van der Waals surface area contributed by atoms with E-state index in [1.165, 1.54) is 0 Å². The zero-order valence-electron chi connectivity index (χ0n) is 18.2. The molecule has 9 heteroatoms. The van der Waals surface area contributed by atoms with Gasteiger partial charge in [0.1, 0.15) is 12.1 Å². The SMILES string of the molecule is O=C1NCCC[C@@H]1NC(=O)[C@@H]1CN(C(=O)c2ccccc2)CCN1C(=O)C1CCNCC1. The fourth-order valence-corrected chi connectivity index (χ4v) is 4.70. The summed E-state index contributed by atoms with van der Waals surface area (Å²) in [4.78, 5) is 55.0. The molecule has 9 nitrogen and oxygen atoms in total. The number of benzene rings is 1. The monoisotopic (exact) mass is 441 g/mol. The van der Waals surface area contributed by atoms with Gasteiger partial charge in [-0.2, -0.15) is 0 Å². The molecule has 3 saturated heterocycles. The first-order chi connectivity index (χ1) is 15.5. The van der Waals surface area contributed by atoms with Gasteiger partial charge in [0, 0.05) is 31.1 Å². The van der Waals surface area contributed by atoms with E-state index in [-0.39, 0.29) is 36.1 Å². The first-order valence-electron chi connectivity index (χ1n) is 11.5. The number of nitrogens with zero attached hydrogens (tertiary/aromatic N) is 2. The molecule has 2 atom stereocenters. The summed E-state index contributed by atoms with van der Waals surface area (Å²) < 4.78 is 0. The number of rotatable bonds is 4. The fraction of sp³-hybridized carbons (Fsp3) is 0.565. The molecule has 172 valence electrons. The van der Waals surface area contributed by atoms with Crippen LogP contribution in [0, 0.1) is 5.92 Å². The molecular weight excluding hydrogens is 410 g/mol. The van der Waals surface area contributed by atoms with Crippen LogP contribution in [0.2, 0.25) is 0 Å². The smallest absolute Gasteiger partial charge is 0.253 e. The van der Waals surface area contributed by atoms with E-state index in [2.05, 4.69) is 16.0 Å². The number of piperazine rings is 1. The van der Waals surface area contributed by atoms with Crippen LogP contribution in [0.1, 0.15) is 36.0 Å². The van der Waals surface area contributed by atoms with Crippen molar-refractivity contribution in [3.63, 3.8) is 0 Å². The van der Waals surface area contributed by atoms with Crippen LogP contribution in [-0.2, 0) is 14.4 Å². The molecule has 0 radical (unpaired) electrons. The molecule has 3 aliphatic rings. The number of piperidine rings is 2. The number of hydrogen-bond donors (Lipinski definition) is 3. The van der Waals surface area contributed by atoms with Gasteiger partial charge in [-0.3, -0.25) is 19.2 Å². The number of amides is 4. The summed E-state index contributed by atoms with van der Waals surface area (Å²) in [6, 6.07) is 7.53. The molecule has 0 aromatic heterocycles. The van der Waals surface area contributed by atoms with Crippen LogP contribution >= 0.6 is 0 Å². The zero-order chi connectivity index (χ0) is 22.5. The normalized spacial score (nSPS) is 24.6. The molecule has 3 aliphatic heterocycles. The van der Waals surface area contributed by atoms with Crippen molar-refractivity contribution >= 4 is 23.6 Å². The predicted octanol–water partition coefficient (Wildman–Crippen LogP) is -0.266. The van der Waals surface area contributed by atoms with Crippen molar-refractivity contribution in [3.05, 3.63) is 35.9 Å². The summed E-state index contributed by atoms with van der Waals surface area (Å²) in [7, 11) is 0. The molecule has 32 heavy (non-hydrogen) atoms. The van der Waals surface area contributed by atoms with Gasteiger partial charge in [-0.05, 0) is 50.9 Å². The van der Waals surface area contributed by atoms with Gasteiger partial charge in [-0.25, -0.2) is 0 Å². The van der Waals surface area contributed by atoms with Crippen LogP contribution in [0.5, 0.6) is 0 Å². The molecule has 0 saturated carbocycles. The molecular formula is C23H31N5O4. The van der Waals surface area contributed by atoms with Crippen molar-refractivity contribution in [1.82, 2.24) is 25.8 Å². The lowest BCUT2D eigenvalue weighted by atomic mass is 9.95. The Balaban J connectivity index is 1.51. The Hall–Kier alpha value is -2.94.